The van der Waals surface area contributed by atoms with Crippen molar-refractivity contribution in [3.05, 3.63) is 0 Å². The summed E-state index contributed by atoms with van der Waals surface area (Å²) in [6.07, 6.45) is 11.9. The summed E-state index contributed by atoms with van der Waals surface area (Å²) < 4.78 is 0. The van der Waals surface area contributed by atoms with E-state index in [0.29, 0.717) is 0 Å². The lowest BCUT2D eigenvalue weighted by molar-refractivity contribution is 0.181. The van der Waals surface area contributed by atoms with E-state index < -0.39 is 0 Å². The van der Waals surface area contributed by atoms with Crippen LogP contribution in [0.25, 0.3) is 0 Å². The van der Waals surface area contributed by atoms with Gasteiger partial charge in [-0.15, -0.1) is 0 Å². The van der Waals surface area contributed by atoms with Crippen molar-refractivity contribution in [2.45, 2.75) is 51.0 Å². The smallest absolute Gasteiger partial charge is 0.0217 e. The van der Waals surface area contributed by atoms with Crippen molar-refractivity contribution in [1.29, 1.82) is 0 Å². The second-order valence-electron chi connectivity index (χ2n) is 5.24. The Kier molecular flexibility index (Phi) is 9.21. The molecule has 0 aromatic carbocycles. The first kappa shape index (κ1) is 15.3. The summed E-state index contributed by atoms with van der Waals surface area (Å²) in [6.45, 7) is 3.70. The van der Waals surface area contributed by atoms with Gasteiger partial charge in [0.1, 0.15) is 0 Å². The Labute approximate surface area is 112 Å². The number of likely N-dealkylation sites (tertiary alicyclic amines) is 1. The van der Waals surface area contributed by atoms with Gasteiger partial charge in [-0.2, -0.15) is 11.8 Å². The quantitative estimate of drug-likeness (QED) is 0.640. The minimum Gasteiger partial charge on any atom is -0.315 e. The Hall–Kier alpha value is 0.270. The van der Waals surface area contributed by atoms with Crippen LogP contribution in [-0.4, -0.2) is 49.6 Å². The van der Waals surface area contributed by atoms with E-state index in [1.807, 2.05) is 11.8 Å². The highest BCUT2D eigenvalue weighted by atomic mass is 32.2. The van der Waals surface area contributed by atoms with Crippen LogP contribution in [0.4, 0.5) is 0 Å². The zero-order valence-electron chi connectivity index (χ0n) is 11.7. The highest BCUT2D eigenvalue weighted by Gasteiger charge is 2.17. The molecule has 0 aromatic heterocycles. The van der Waals surface area contributed by atoms with Crippen molar-refractivity contribution in [3.8, 4) is 0 Å². The molecule has 0 radical (unpaired) electrons. The van der Waals surface area contributed by atoms with Crippen LogP contribution >= 0.6 is 11.8 Å². The van der Waals surface area contributed by atoms with Gasteiger partial charge in [0.25, 0.3) is 0 Å². The molecular formula is C14H30N2S. The molecule has 0 saturated carbocycles. The van der Waals surface area contributed by atoms with E-state index in [1.165, 1.54) is 70.3 Å². The van der Waals surface area contributed by atoms with Crippen molar-refractivity contribution in [2.75, 3.05) is 38.7 Å². The molecule has 1 unspecified atom stereocenters. The number of piperidine rings is 1. The van der Waals surface area contributed by atoms with Gasteiger partial charge in [0, 0.05) is 12.6 Å². The van der Waals surface area contributed by atoms with Crippen LogP contribution in [0.1, 0.15) is 44.9 Å². The van der Waals surface area contributed by atoms with E-state index in [1.54, 1.807) is 0 Å². The lowest BCUT2D eigenvalue weighted by Gasteiger charge is -2.32. The van der Waals surface area contributed by atoms with Gasteiger partial charge < -0.3 is 10.2 Å². The number of thioether (sulfide) groups is 1. The van der Waals surface area contributed by atoms with E-state index >= 15 is 0 Å². The van der Waals surface area contributed by atoms with Gasteiger partial charge >= 0.3 is 0 Å². The lowest BCUT2D eigenvalue weighted by Crippen LogP contribution is -2.43. The maximum absolute atomic E-state index is 3.63. The standard InChI is InChI=1S/C14H30N2S/c1-16-11-7-5-9-14(16)13-15-10-6-3-4-8-12-17-2/h14-15H,3-13H2,1-2H3. The molecule has 1 aliphatic rings. The topological polar surface area (TPSA) is 15.3 Å². The molecule has 1 N–H and O–H groups in total. The van der Waals surface area contributed by atoms with Gasteiger partial charge in [-0.05, 0) is 57.8 Å². The van der Waals surface area contributed by atoms with Crippen LogP contribution < -0.4 is 5.32 Å². The van der Waals surface area contributed by atoms with E-state index in [-0.39, 0.29) is 0 Å². The number of likely N-dealkylation sites (N-methyl/N-ethyl adjacent to an activating group) is 1. The first-order valence-corrected chi connectivity index (χ1v) is 8.64. The van der Waals surface area contributed by atoms with Crippen LogP contribution in [-0.2, 0) is 0 Å². The summed E-state index contributed by atoms with van der Waals surface area (Å²) >= 11 is 1.97. The third kappa shape index (κ3) is 7.32. The molecule has 1 heterocycles. The molecule has 0 aromatic rings. The summed E-state index contributed by atoms with van der Waals surface area (Å²) in [6, 6.07) is 0.792. The lowest BCUT2D eigenvalue weighted by atomic mass is 10.0. The average Bonchev–Trinajstić information content (AvgIpc) is 2.35. The summed E-state index contributed by atoms with van der Waals surface area (Å²) in [5, 5.41) is 3.63. The number of rotatable bonds is 9. The largest absolute Gasteiger partial charge is 0.315 e. The molecule has 1 atom stereocenters. The third-order valence-electron chi connectivity index (χ3n) is 3.75. The molecule has 1 aliphatic heterocycles. The van der Waals surface area contributed by atoms with Gasteiger partial charge in [-0.3, -0.25) is 0 Å². The molecule has 1 rings (SSSR count). The monoisotopic (exact) mass is 258 g/mol. The van der Waals surface area contributed by atoms with Gasteiger partial charge in [-0.25, -0.2) is 0 Å². The predicted octanol–water partition coefficient (Wildman–Crippen LogP) is 2.98. The fourth-order valence-electron chi connectivity index (χ4n) is 2.52. The maximum Gasteiger partial charge on any atom is 0.0217 e. The molecule has 2 nitrogen and oxygen atoms in total. The Bertz CT molecular complexity index is 176. The Morgan fingerprint density at radius 1 is 1.18 bits per heavy atom. The minimum atomic E-state index is 0.792. The maximum atomic E-state index is 3.63. The Morgan fingerprint density at radius 3 is 2.76 bits per heavy atom. The first-order chi connectivity index (χ1) is 8.34. The van der Waals surface area contributed by atoms with Gasteiger partial charge in [-0.1, -0.05) is 19.3 Å². The van der Waals surface area contributed by atoms with Crippen molar-refractivity contribution in [3.63, 3.8) is 0 Å². The van der Waals surface area contributed by atoms with E-state index in [0.717, 1.165) is 6.04 Å². The fourth-order valence-corrected chi connectivity index (χ4v) is 3.01. The first-order valence-electron chi connectivity index (χ1n) is 7.24. The van der Waals surface area contributed by atoms with E-state index in [2.05, 4.69) is 23.5 Å². The molecule has 0 aliphatic carbocycles. The average molecular weight is 258 g/mol. The summed E-state index contributed by atoms with van der Waals surface area (Å²) in [4.78, 5) is 2.52. The molecule has 102 valence electrons. The number of hydrogen-bond donors (Lipinski definition) is 1. The summed E-state index contributed by atoms with van der Waals surface area (Å²) in [5.41, 5.74) is 0. The minimum absolute atomic E-state index is 0.792. The van der Waals surface area contributed by atoms with Gasteiger partial charge in [0.15, 0.2) is 0 Å². The van der Waals surface area contributed by atoms with Crippen LogP contribution in [0.15, 0.2) is 0 Å². The molecule has 0 bridgehead atoms. The highest BCUT2D eigenvalue weighted by molar-refractivity contribution is 7.98. The normalized spacial score (nSPS) is 21.9. The summed E-state index contributed by atoms with van der Waals surface area (Å²) in [7, 11) is 2.27. The van der Waals surface area contributed by atoms with Crippen LogP contribution in [0.3, 0.4) is 0 Å². The van der Waals surface area contributed by atoms with Crippen LogP contribution in [0.2, 0.25) is 0 Å². The molecule has 3 heteroatoms. The predicted molar refractivity (Wildman–Crippen MR) is 80.0 cm³/mol. The zero-order chi connectivity index (χ0) is 12.3. The molecule has 17 heavy (non-hydrogen) atoms. The van der Waals surface area contributed by atoms with Crippen molar-refractivity contribution >= 4 is 11.8 Å². The molecule has 1 saturated heterocycles. The zero-order valence-corrected chi connectivity index (χ0v) is 12.5. The second kappa shape index (κ2) is 10.2. The number of hydrogen-bond acceptors (Lipinski definition) is 3. The van der Waals surface area contributed by atoms with Crippen molar-refractivity contribution in [1.82, 2.24) is 10.2 Å². The summed E-state index contributed by atoms with van der Waals surface area (Å²) in [5.74, 6) is 1.33. The molecule has 0 spiro atoms. The second-order valence-corrected chi connectivity index (χ2v) is 6.23. The van der Waals surface area contributed by atoms with Gasteiger partial charge in [0.05, 0.1) is 0 Å². The molecular weight excluding hydrogens is 228 g/mol. The Morgan fingerprint density at radius 2 is 2.00 bits per heavy atom. The number of nitrogens with zero attached hydrogens (tertiary/aromatic N) is 1. The number of unbranched alkanes of at least 4 members (excludes halogenated alkanes) is 3. The number of nitrogens with one attached hydrogen (secondary N) is 1. The van der Waals surface area contributed by atoms with Crippen LogP contribution in [0.5, 0.6) is 0 Å². The van der Waals surface area contributed by atoms with Crippen molar-refractivity contribution in [2.24, 2.45) is 0 Å². The SMILES string of the molecule is CSCCCCCCNCC1CCCCN1C. The van der Waals surface area contributed by atoms with Crippen LogP contribution in [0, 0.1) is 0 Å². The van der Waals surface area contributed by atoms with Crippen molar-refractivity contribution < 1.29 is 0 Å². The fraction of sp³-hybridized carbons (Fsp3) is 1.00. The Balaban J connectivity index is 1.86. The van der Waals surface area contributed by atoms with E-state index in [9.17, 15) is 0 Å². The molecule has 0 amide bonds. The molecule has 1 fully saturated rings. The van der Waals surface area contributed by atoms with Gasteiger partial charge in [0.2, 0.25) is 0 Å². The third-order valence-corrected chi connectivity index (χ3v) is 4.45. The highest BCUT2D eigenvalue weighted by Crippen LogP contribution is 2.13. The van der Waals surface area contributed by atoms with E-state index in [4.69, 9.17) is 0 Å².